The highest BCUT2D eigenvalue weighted by Gasteiger charge is 1.97. The van der Waals surface area contributed by atoms with Crippen molar-refractivity contribution in [2.45, 2.75) is 13.8 Å². The van der Waals surface area contributed by atoms with Crippen molar-refractivity contribution in [1.29, 1.82) is 0 Å². The van der Waals surface area contributed by atoms with Gasteiger partial charge < -0.3 is 0 Å². The molecule has 0 aliphatic rings. The summed E-state index contributed by atoms with van der Waals surface area (Å²) in [4.78, 5) is 0. The van der Waals surface area contributed by atoms with E-state index in [1.54, 1.807) is 0 Å². The summed E-state index contributed by atoms with van der Waals surface area (Å²) < 4.78 is 0. The Morgan fingerprint density at radius 2 is 0.675 bits per heavy atom. The third-order valence-electron chi connectivity index (χ3n) is 7.15. The highest BCUT2D eigenvalue weighted by molar-refractivity contribution is 5.87. The van der Waals surface area contributed by atoms with E-state index in [2.05, 4.69) is 171 Å². The standard InChI is InChI=1S/C40H30/c1-29-3-21-39-27-35(19-23-37(39)25-29)17-15-33-11-7-31(8-12-33)5-6-32-9-13-34(14-10-32)16-18-36-20-24-38-26-30(2)4-22-40(38)28-36/h3-4,7-28H,1-2H3. The number of aryl methyl sites for hydroxylation is 2. The van der Waals surface area contributed by atoms with E-state index in [-0.39, 0.29) is 0 Å². The third kappa shape index (κ3) is 6.12. The zero-order valence-electron chi connectivity index (χ0n) is 22.9. The van der Waals surface area contributed by atoms with E-state index in [4.69, 9.17) is 0 Å². The second kappa shape index (κ2) is 11.3. The summed E-state index contributed by atoms with van der Waals surface area (Å²) in [6.45, 7) is 4.26. The molecule has 0 unspecified atom stereocenters. The molecular formula is C40H30. The number of rotatable bonds is 4. The number of hydrogen-bond acceptors (Lipinski definition) is 0. The molecule has 0 bridgehead atoms. The van der Waals surface area contributed by atoms with Gasteiger partial charge in [-0.2, -0.15) is 0 Å². The molecule has 0 amide bonds. The first kappa shape index (κ1) is 25.2. The molecule has 0 fully saturated rings. The van der Waals surface area contributed by atoms with Gasteiger partial charge in [0.2, 0.25) is 0 Å². The molecule has 6 aromatic carbocycles. The predicted molar refractivity (Wildman–Crippen MR) is 174 cm³/mol. The fourth-order valence-electron chi connectivity index (χ4n) is 4.86. The molecular weight excluding hydrogens is 480 g/mol. The molecule has 40 heavy (non-hydrogen) atoms. The van der Waals surface area contributed by atoms with Crippen molar-refractivity contribution in [1.82, 2.24) is 0 Å². The van der Waals surface area contributed by atoms with Crippen molar-refractivity contribution in [3.05, 3.63) is 166 Å². The van der Waals surface area contributed by atoms with E-state index in [1.807, 2.05) is 0 Å². The Balaban J connectivity index is 1.09. The second-order valence-electron chi connectivity index (χ2n) is 10.4. The maximum Gasteiger partial charge on any atom is 0.0249 e. The van der Waals surface area contributed by atoms with E-state index in [9.17, 15) is 0 Å². The average Bonchev–Trinajstić information content (AvgIpc) is 2.99. The van der Waals surface area contributed by atoms with Crippen LogP contribution in [0.15, 0.2) is 121 Å². The summed E-state index contributed by atoms with van der Waals surface area (Å²) in [7, 11) is 0. The van der Waals surface area contributed by atoms with Gasteiger partial charge >= 0.3 is 0 Å². The summed E-state index contributed by atoms with van der Waals surface area (Å²) in [6, 6.07) is 43.1. The molecule has 0 radical (unpaired) electrons. The van der Waals surface area contributed by atoms with E-state index >= 15 is 0 Å². The Morgan fingerprint density at radius 1 is 0.350 bits per heavy atom. The van der Waals surface area contributed by atoms with Crippen LogP contribution in [0.25, 0.3) is 45.8 Å². The predicted octanol–water partition coefficient (Wildman–Crippen LogP) is 10.4. The minimum atomic E-state index is 1.01. The fraction of sp³-hybridized carbons (Fsp3) is 0.0500. The molecule has 0 aliphatic carbocycles. The van der Waals surface area contributed by atoms with Crippen LogP contribution < -0.4 is 0 Å². The number of hydrogen-bond donors (Lipinski definition) is 0. The molecule has 0 aliphatic heterocycles. The maximum absolute atomic E-state index is 3.29. The normalized spacial score (nSPS) is 11.3. The molecule has 190 valence electrons. The van der Waals surface area contributed by atoms with Gasteiger partial charge in [-0.25, -0.2) is 0 Å². The molecule has 0 heterocycles. The SMILES string of the molecule is Cc1ccc2cc(C=Cc3ccc(C#Cc4ccc(C=Cc5ccc6cc(C)ccc6c5)cc4)cc3)ccc2c1. The van der Waals surface area contributed by atoms with Gasteiger partial charge in [0.1, 0.15) is 0 Å². The molecule has 6 rings (SSSR count). The Labute approximate surface area is 237 Å². The first-order valence-corrected chi connectivity index (χ1v) is 13.7. The topological polar surface area (TPSA) is 0 Å². The maximum atomic E-state index is 3.29. The van der Waals surface area contributed by atoms with Crippen LogP contribution in [0.3, 0.4) is 0 Å². The van der Waals surface area contributed by atoms with E-state index < -0.39 is 0 Å². The highest BCUT2D eigenvalue weighted by Crippen LogP contribution is 2.21. The van der Waals surface area contributed by atoms with Crippen molar-refractivity contribution < 1.29 is 0 Å². The molecule has 0 aromatic heterocycles. The van der Waals surface area contributed by atoms with Gasteiger partial charge in [-0.1, -0.05) is 132 Å². The summed E-state index contributed by atoms with van der Waals surface area (Å²) in [5, 5.41) is 5.09. The Bertz CT molecular complexity index is 1790. The summed E-state index contributed by atoms with van der Waals surface area (Å²) in [5.41, 5.74) is 9.31. The van der Waals surface area contributed by atoms with E-state index in [1.165, 1.54) is 43.8 Å². The van der Waals surface area contributed by atoms with Crippen LogP contribution in [0.1, 0.15) is 44.5 Å². The monoisotopic (exact) mass is 510 g/mol. The zero-order chi connectivity index (χ0) is 27.3. The quantitative estimate of drug-likeness (QED) is 0.163. The largest absolute Gasteiger partial charge is 0.0617 e. The van der Waals surface area contributed by atoms with Crippen LogP contribution in [-0.2, 0) is 0 Å². The minimum absolute atomic E-state index is 1.01. The molecule has 0 heteroatoms. The summed E-state index contributed by atoms with van der Waals surface area (Å²) in [5.74, 6) is 6.59. The van der Waals surface area contributed by atoms with E-state index in [0.717, 1.165) is 22.3 Å². The van der Waals surface area contributed by atoms with Gasteiger partial charge in [0.15, 0.2) is 0 Å². The lowest BCUT2D eigenvalue weighted by atomic mass is 10.0. The lowest BCUT2D eigenvalue weighted by Gasteiger charge is -2.01. The van der Waals surface area contributed by atoms with Crippen LogP contribution in [0.4, 0.5) is 0 Å². The zero-order valence-corrected chi connectivity index (χ0v) is 22.9. The second-order valence-corrected chi connectivity index (χ2v) is 10.4. The Hall–Kier alpha value is -5.12. The lowest BCUT2D eigenvalue weighted by Crippen LogP contribution is -1.80. The molecule has 0 spiro atoms. The summed E-state index contributed by atoms with van der Waals surface area (Å²) >= 11 is 0. The first-order valence-electron chi connectivity index (χ1n) is 13.7. The molecule has 0 N–H and O–H groups in total. The smallest absolute Gasteiger partial charge is 0.0249 e. The Kier molecular flexibility index (Phi) is 7.12. The van der Waals surface area contributed by atoms with Crippen molar-refractivity contribution in [3.63, 3.8) is 0 Å². The van der Waals surface area contributed by atoms with Crippen LogP contribution in [-0.4, -0.2) is 0 Å². The van der Waals surface area contributed by atoms with Gasteiger partial charge in [0, 0.05) is 11.1 Å². The van der Waals surface area contributed by atoms with Crippen LogP contribution in [0.2, 0.25) is 0 Å². The number of benzene rings is 6. The van der Waals surface area contributed by atoms with Crippen LogP contribution in [0.5, 0.6) is 0 Å². The fourth-order valence-corrected chi connectivity index (χ4v) is 4.86. The van der Waals surface area contributed by atoms with Crippen molar-refractivity contribution in [2.24, 2.45) is 0 Å². The molecule has 0 saturated heterocycles. The van der Waals surface area contributed by atoms with Gasteiger partial charge in [-0.15, -0.1) is 0 Å². The van der Waals surface area contributed by atoms with Gasteiger partial charge in [0.05, 0.1) is 0 Å². The molecule has 6 aromatic rings. The van der Waals surface area contributed by atoms with Crippen molar-refractivity contribution >= 4 is 45.8 Å². The molecule has 0 saturated carbocycles. The van der Waals surface area contributed by atoms with Crippen molar-refractivity contribution in [3.8, 4) is 11.8 Å². The van der Waals surface area contributed by atoms with Crippen LogP contribution >= 0.6 is 0 Å². The van der Waals surface area contributed by atoms with Gasteiger partial charge in [-0.3, -0.25) is 0 Å². The third-order valence-corrected chi connectivity index (χ3v) is 7.15. The summed E-state index contributed by atoms with van der Waals surface area (Å²) in [6.07, 6.45) is 8.63. The van der Waals surface area contributed by atoms with Gasteiger partial charge in [-0.05, 0) is 94.0 Å². The number of fused-ring (bicyclic) bond motifs is 2. The molecule has 0 atom stereocenters. The first-order chi connectivity index (χ1) is 19.6. The highest BCUT2D eigenvalue weighted by atomic mass is 14.0. The van der Waals surface area contributed by atoms with Crippen LogP contribution in [0, 0.1) is 25.7 Å². The molecule has 0 nitrogen and oxygen atoms in total. The minimum Gasteiger partial charge on any atom is -0.0617 e. The van der Waals surface area contributed by atoms with E-state index in [0.29, 0.717) is 0 Å². The average molecular weight is 511 g/mol. The lowest BCUT2D eigenvalue weighted by molar-refractivity contribution is 1.50. The Morgan fingerprint density at radius 3 is 1.10 bits per heavy atom. The van der Waals surface area contributed by atoms with Crippen molar-refractivity contribution in [2.75, 3.05) is 0 Å². The van der Waals surface area contributed by atoms with Gasteiger partial charge in [0.25, 0.3) is 0 Å².